The first-order valence-electron chi connectivity index (χ1n) is 7.13. The predicted molar refractivity (Wildman–Crippen MR) is 81.3 cm³/mol. The van der Waals surface area contributed by atoms with Gasteiger partial charge in [-0.15, -0.1) is 0 Å². The number of aryl methyl sites for hydroxylation is 1. The molecule has 0 aliphatic heterocycles. The van der Waals surface area contributed by atoms with E-state index in [0.29, 0.717) is 11.5 Å². The summed E-state index contributed by atoms with van der Waals surface area (Å²) in [4.78, 5) is 20.5. The molecule has 108 valence electrons. The fraction of sp³-hybridized carbons (Fsp3) is 0.312. The van der Waals surface area contributed by atoms with Crippen molar-refractivity contribution in [3.63, 3.8) is 0 Å². The molecule has 5 heteroatoms. The molecule has 1 aliphatic rings. The van der Waals surface area contributed by atoms with Crippen LogP contribution < -0.4 is 10.6 Å². The van der Waals surface area contributed by atoms with Crippen molar-refractivity contribution >= 4 is 11.7 Å². The highest BCUT2D eigenvalue weighted by atomic mass is 16.1. The number of anilines is 1. The molecule has 0 bridgehead atoms. The molecule has 0 saturated heterocycles. The topological polar surface area (TPSA) is 66.9 Å². The van der Waals surface area contributed by atoms with Crippen LogP contribution in [0.3, 0.4) is 0 Å². The van der Waals surface area contributed by atoms with E-state index in [4.69, 9.17) is 0 Å². The number of fused-ring (bicyclic) bond motifs is 1. The number of carbonyl (C=O) groups excluding carboxylic acids is 1. The van der Waals surface area contributed by atoms with E-state index in [-0.39, 0.29) is 11.9 Å². The average molecular weight is 282 g/mol. The van der Waals surface area contributed by atoms with E-state index in [9.17, 15) is 4.79 Å². The fourth-order valence-electron chi connectivity index (χ4n) is 2.68. The summed E-state index contributed by atoms with van der Waals surface area (Å²) in [6.45, 7) is 0. The number of benzene rings is 1. The Morgan fingerprint density at radius 1 is 1.24 bits per heavy atom. The third-order valence-corrected chi connectivity index (χ3v) is 3.81. The summed E-state index contributed by atoms with van der Waals surface area (Å²) in [6.07, 6.45) is 5.92. The average Bonchev–Trinajstić information content (AvgIpc) is 2.54. The SMILES string of the molecule is CNc1cncc(C(=O)NC2CCc3ccccc3C2)n1. The number of rotatable bonds is 3. The van der Waals surface area contributed by atoms with Gasteiger partial charge in [-0.05, 0) is 30.4 Å². The van der Waals surface area contributed by atoms with Crippen molar-refractivity contribution in [1.29, 1.82) is 0 Å². The molecule has 2 aromatic rings. The first kappa shape index (κ1) is 13.5. The van der Waals surface area contributed by atoms with Gasteiger partial charge in [0.15, 0.2) is 0 Å². The minimum atomic E-state index is -0.163. The van der Waals surface area contributed by atoms with Crippen molar-refractivity contribution in [1.82, 2.24) is 15.3 Å². The largest absolute Gasteiger partial charge is 0.372 e. The third kappa shape index (κ3) is 3.02. The highest BCUT2D eigenvalue weighted by molar-refractivity contribution is 5.92. The number of aromatic nitrogens is 2. The number of nitrogens with one attached hydrogen (secondary N) is 2. The Morgan fingerprint density at radius 2 is 2.05 bits per heavy atom. The molecule has 1 aliphatic carbocycles. The Bertz CT molecular complexity index is 656. The zero-order valence-electron chi connectivity index (χ0n) is 12.0. The highest BCUT2D eigenvalue weighted by Crippen LogP contribution is 2.21. The van der Waals surface area contributed by atoms with Gasteiger partial charge >= 0.3 is 0 Å². The lowest BCUT2D eigenvalue weighted by Crippen LogP contribution is -2.39. The van der Waals surface area contributed by atoms with E-state index in [0.717, 1.165) is 19.3 Å². The number of amides is 1. The highest BCUT2D eigenvalue weighted by Gasteiger charge is 2.21. The second kappa shape index (κ2) is 5.91. The molecule has 0 fully saturated rings. The number of carbonyl (C=O) groups is 1. The van der Waals surface area contributed by atoms with Crippen LogP contribution in [-0.4, -0.2) is 29.0 Å². The van der Waals surface area contributed by atoms with E-state index < -0.39 is 0 Å². The van der Waals surface area contributed by atoms with E-state index in [1.54, 1.807) is 13.2 Å². The van der Waals surface area contributed by atoms with Gasteiger partial charge in [-0.25, -0.2) is 4.98 Å². The first-order chi connectivity index (χ1) is 10.3. The van der Waals surface area contributed by atoms with Gasteiger partial charge in [0.05, 0.1) is 12.4 Å². The maximum atomic E-state index is 12.3. The zero-order chi connectivity index (χ0) is 14.7. The molecule has 1 heterocycles. The van der Waals surface area contributed by atoms with Crippen molar-refractivity contribution in [2.24, 2.45) is 0 Å². The van der Waals surface area contributed by atoms with Crippen molar-refractivity contribution in [2.45, 2.75) is 25.3 Å². The third-order valence-electron chi connectivity index (χ3n) is 3.81. The monoisotopic (exact) mass is 282 g/mol. The summed E-state index contributed by atoms with van der Waals surface area (Å²) in [5, 5.41) is 5.94. The van der Waals surface area contributed by atoms with E-state index in [1.807, 2.05) is 6.07 Å². The van der Waals surface area contributed by atoms with Crippen LogP contribution in [0.2, 0.25) is 0 Å². The van der Waals surface area contributed by atoms with Gasteiger partial charge in [0.25, 0.3) is 5.91 Å². The second-order valence-corrected chi connectivity index (χ2v) is 5.22. The molecule has 21 heavy (non-hydrogen) atoms. The molecule has 1 amide bonds. The second-order valence-electron chi connectivity index (χ2n) is 5.22. The van der Waals surface area contributed by atoms with Crippen LogP contribution in [0.15, 0.2) is 36.7 Å². The summed E-state index contributed by atoms with van der Waals surface area (Å²) in [5.74, 6) is 0.431. The molecule has 3 rings (SSSR count). The Morgan fingerprint density at radius 3 is 2.86 bits per heavy atom. The summed E-state index contributed by atoms with van der Waals surface area (Å²) in [6, 6.07) is 8.57. The molecular weight excluding hydrogens is 264 g/mol. The van der Waals surface area contributed by atoms with Gasteiger partial charge in [0.1, 0.15) is 11.5 Å². The van der Waals surface area contributed by atoms with Gasteiger partial charge in [-0.2, -0.15) is 0 Å². The Kier molecular flexibility index (Phi) is 3.81. The number of nitrogens with zero attached hydrogens (tertiary/aromatic N) is 2. The van der Waals surface area contributed by atoms with Gasteiger partial charge < -0.3 is 10.6 Å². The lowest BCUT2D eigenvalue weighted by Gasteiger charge is -2.25. The predicted octanol–water partition coefficient (Wildman–Crippen LogP) is 1.81. The maximum Gasteiger partial charge on any atom is 0.271 e. The molecule has 1 unspecified atom stereocenters. The normalized spacial score (nSPS) is 16.9. The number of hydrogen-bond donors (Lipinski definition) is 2. The molecule has 1 aromatic heterocycles. The lowest BCUT2D eigenvalue weighted by atomic mass is 9.88. The first-order valence-corrected chi connectivity index (χ1v) is 7.13. The zero-order valence-corrected chi connectivity index (χ0v) is 12.0. The Labute approximate surface area is 123 Å². The van der Waals surface area contributed by atoms with Crippen LogP contribution in [0.4, 0.5) is 5.82 Å². The quantitative estimate of drug-likeness (QED) is 0.901. The van der Waals surface area contributed by atoms with Crippen LogP contribution >= 0.6 is 0 Å². The fourth-order valence-corrected chi connectivity index (χ4v) is 2.68. The minimum absolute atomic E-state index is 0.160. The molecule has 5 nitrogen and oxygen atoms in total. The number of hydrogen-bond acceptors (Lipinski definition) is 4. The Hall–Kier alpha value is -2.43. The standard InChI is InChI=1S/C16H18N4O/c1-17-15-10-18-9-14(20-15)16(21)19-13-7-6-11-4-2-3-5-12(11)8-13/h2-5,9-10,13H,6-8H2,1H3,(H,17,20)(H,19,21). The molecule has 0 saturated carbocycles. The van der Waals surface area contributed by atoms with Crippen molar-refractivity contribution < 1.29 is 4.79 Å². The van der Waals surface area contributed by atoms with Crippen LogP contribution in [-0.2, 0) is 12.8 Å². The maximum absolute atomic E-state index is 12.3. The molecule has 2 N–H and O–H groups in total. The van der Waals surface area contributed by atoms with Gasteiger partial charge in [-0.1, -0.05) is 24.3 Å². The van der Waals surface area contributed by atoms with Gasteiger partial charge in [0.2, 0.25) is 0 Å². The van der Waals surface area contributed by atoms with E-state index in [1.165, 1.54) is 17.3 Å². The van der Waals surface area contributed by atoms with Crippen molar-refractivity contribution in [3.8, 4) is 0 Å². The lowest BCUT2D eigenvalue weighted by molar-refractivity contribution is 0.0928. The Balaban J connectivity index is 1.68. The minimum Gasteiger partial charge on any atom is -0.372 e. The van der Waals surface area contributed by atoms with E-state index >= 15 is 0 Å². The molecule has 0 spiro atoms. The van der Waals surface area contributed by atoms with Crippen molar-refractivity contribution in [3.05, 3.63) is 53.5 Å². The van der Waals surface area contributed by atoms with Gasteiger partial charge in [-0.3, -0.25) is 9.78 Å². The molecule has 0 radical (unpaired) electrons. The summed E-state index contributed by atoms with van der Waals surface area (Å²) >= 11 is 0. The van der Waals surface area contributed by atoms with Crippen molar-refractivity contribution in [2.75, 3.05) is 12.4 Å². The molecule has 1 aromatic carbocycles. The summed E-state index contributed by atoms with van der Waals surface area (Å²) in [7, 11) is 1.75. The van der Waals surface area contributed by atoms with Crippen LogP contribution in [0.5, 0.6) is 0 Å². The summed E-state index contributed by atoms with van der Waals surface area (Å²) in [5.41, 5.74) is 3.06. The molecular formula is C16H18N4O. The van der Waals surface area contributed by atoms with Gasteiger partial charge in [0, 0.05) is 13.1 Å². The smallest absolute Gasteiger partial charge is 0.271 e. The van der Waals surface area contributed by atoms with Crippen LogP contribution in [0, 0.1) is 0 Å². The van der Waals surface area contributed by atoms with E-state index in [2.05, 4.69) is 38.8 Å². The molecule has 1 atom stereocenters. The van der Waals surface area contributed by atoms with Crippen LogP contribution in [0.1, 0.15) is 28.0 Å². The van der Waals surface area contributed by atoms with Crippen LogP contribution in [0.25, 0.3) is 0 Å². The summed E-state index contributed by atoms with van der Waals surface area (Å²) < 4.78 is 0.